The largest absolute Gasteiger partial charge is 0.492 e. The van der Waals surface area contributed by atoms with Crippen LogP contribution in [0, 0.1) is 5.92 Å². The van der Waals surface area contributed by atoms with Gasteiger partial charge in [0.05, 0.1) is 18.1 Å². The van der Waals surface area contributed by atoms with Crippen molar-refractivity contribution in [2.45, 2.75) is 33.2 Å². The van der Waals surface area contributed by atoms with Crippen molar-refractivity contribution < 1.29 is 19.4 Å². The summed E-state index contributed by atoms with van der Waals surface area (Å²) in [5.74, 6) is -1.15. The maximum atomic E-state index is 12.0. The molecule has 1 amide bonds. The second kappa shape index (κ2) is 7.88. The van der Waals surface area contributed by atoms with Crippen LogP contribution in [0.25, 0.3) is 0 Å². The molecule has 0 unspecified atom stereocenters. The zero-order valence-corrected chi connectivity index (χ0v) is 13.1. The molecule has 1 rings (SSSR count). The molecular formula is C15H20ClNO4. The van der Waals surface area contributed by atoms with Gasteiger partial charge >= 0.3 is 5.97 Å². The molecule has 0 aliphatic rings. The molecule has 1 aromatic carbocycles. The van der Waals surface area contributed by atoms with Crippen molar-refractivity contribution in [3.05, 3.63) is 28.8 Å². The summed E-state index contributed by atoms with van der Waals surface area (Å²) in [5.41, 5.74) is 0.634. The van der Waals surface area contributed by atoms with Crippen LogP contribution in [0.2, 0.25) is 5.02 Å². The van der Waals surface area contributed by atoms with Gasteiger partial charge in [0, 0.05) is 5.56 Å². The topological polar surface area (TPSA) is 75.6 Å². The summed E-state index contributed by atoms with van der Waals surface area (Å²) in [5, 5.41) is 12.0. The summed E-state index contributed by atoms with van der Waals surface area (Å²) < 4.78 is 5.44. The van der Waals surface area contributed by atoms with Gasteiger partial charge in [0.1, 0.15) is 11.8 Å². The van der Waals surface area contributed by atoms with Crippen LogP contribution in [0.4, 0.5) is 0 Å². The molecule has 0 fully saturated rings. The number of ether oxygens (including phenoxy) is 1. The first-order valence-corrected chi connectivity index (χ1v) is 7.17. The van der Waals surface area contributed by atoms with Gasteiger partial charge in [-0.3, -0.25) is 4.79 Å². The summed E-state index contributed by atoms with van der Waals surface area (Å²) in [7, 11) is 0. The zero-order valence-electron chi connectivity index (χ0n) is 12.4. The summed E-state index contributed by atoms with van der Waals surface area (Å²) in [4.78, 5) is 23.1. The predicted octanol–water partition coefficient (Wildman–Crippen LogP) is 2.51. The van der Waals surface area contributed by atoms with E-state index in [1.54, 1.807) is 32.0 Å². The second-order valence-electron chi connectivity index (χ2n) is 4.97. The van der Waals surface area contributed by atoms with Crippen molar-refractivity contribution in [2.75, 3.05) is 6.61 Å². The minimum absolute atomic E-state index is 0.0202. The summed E-state index contributed by atoms with van der Waals surface area (Å²) in [6.45, 7) is 5.74. The highest BCUT2D eigenvalue weighted by Gasteiger charge is 2.24. The molecule has 0 saturated heterocycles. The first-order valence-electron chi connectivity index (χ1n) is 6.79. The van der Waals surface area contributed by atoms with Gasteiger partial charge < -0.3 is 15.2 Å². The number of rotatable bonds is 7. The molecule has 5 nitrogen and oxygen atoms in total. The zero-order chi connectivity index (χ0) is 16.0. The normalized spacial score (nSPS) is 12.0. The molecule has 2 N–H and O–H groups in total. The number of halogens is 1. The van der Waals surface area contributed by atoms with Gasteiger partial charge in [-0.1, -0.05) is 37.6 Å². The number of carbonyl (C=O) groups excluding carboxylic acids is 1. The van der Waals surface area contributed by atoms with Crippen LogP contribution in [0.1, 0.15) is 26.3 Å². The molecule has 1 aromatic rings. The predicted molar refractivity (Wildman–Crippen MR) is 80.7 cm³/mol. The first-order chi connectivity index (χ1) is 9.86. The van der Waals surface area contributed by atoms with Crippen LogP contribution < -0.4 is 10.1 Å². The van der Waals surface area contributed by atoms with E-state index in [-0.39, 0.29) is 18.2 Å². The molecule has 1 atom stereocenters. The van der Waals surface area contributed by atoms with Crippen molar-refractivity contribution in [3.63, 3.8) is 0 Å². The van der Waals surface area contributed by atoms with Gasteiger partial charge in [-0.25, -0.2) is 4.79 Å². The number of carboxylic acids is 1. The Hall–Kier alpha value is -1.75. The first kappa shape index (κ1) is 17.3. The van der Waals surface area contributed by atoms with E-state index in [4.69, 9.17) is 21.4 Å². The molecule has 116 valence electrons. The number of para-hydroxylation sites is 1. The van der Waals surface area contributed by atoms with Crippen molar-refractivity contribution in [1.29, 1.82) is 0 Å². The smallest absolute Gasteiger partial charge is 0.326 e. The Morgan fingerprint density at radius 3 is 2.57 bits per heavy atom. The molecule has 0 radical (unpaired) electrons. The number of carboxylic acid groups (broad SMARTS) is 1. The number of hydrogen-bond acceptors (Lipinski definition) is 3. The molecule has 6 heteroatoms. The van der Waals surface area contributed by atoms with E-state index in [1.165, 1.54) is 0 Å². The summed E-state index contributed by atoms with van der Waals surface area (Å²) >= 11 is 6.05. The molecular weight excluding hydrogens is 294 g/mol. The molecule has 0 spiro atoms. The van der Waals surface area contributed by atoms with E-state index in [2.05, 4.69) is 5.32 Å². The minimum Gasteiger partial charge on any atom is -0.492 e. The van der Waals surface area contributed by atoms with Crippen molar-refractivity contribution in [1.82, 2.24) is 5.32 Å². The van der Waals surface area contributed by atoms with Crippen LogP contribution in [-0.2, 0) is 16.0 Å². The SMILES string of the molecule is CCOc1c(Cl)cccc1CC(=O)N[C@H](C(=O)O)C(C)C. The number of hydrogen-bond donors (Lipinski definition) is 2. The molecule has 0 heterocycles. The minimum atomic E-state index is -1.05. The maximum Gasteiger partial charge on any atom is 0.326 e. The molecule has 0 bridgehead atoms. The van der Waals surface area contributed by atoms with E-state index < -0.39 is 12.0 Å². The highest BCUT2D eigenvalue weighted by Crippen LogP contribution is 2.29. The third kappa shape index (κ3) is 4.93. The molecule has 21 heavy (non-hydrogen) atoms. The van der Waals surface area contributed by atoms with Crippen LogP contribution in [0.15, 0.2) is 18.2 Å². The van der Waals surface area contributed by atoms with Gasteiger partial charge in [0.25, 0.3) is 0 Å². The Kier molecular flexibility index (Phi) is 6.49. The quantitative estimate of drug-likeness (QED) is 0.811. The number of carbonyl (C=O) groups is 2. The maximum absolute atomic E-state index is 12.0. The third-order valence-corrected chi connectivity index (χ3v) is 3.24. The van der Waals surface area contributed by atoms with Crippen LogP contribution >= 0.6 is 11.6 Å². The fourth-order valence-corrected chi connectivity index (χ4v) is 2.16. The Labute approximate surface area is 129 Å². The van der Waals surface area contributed by atoms with Gasteiger partial charge in [-0.05, 0) is 18.9 Å². The van der Waals surface area contributed by atoms with Crippen molar-refractivity contribution >= 4 is 23.5 Å². The lowest BCUT2D eigenvalue weighted by atomic mass is 10.0. The Bertz CT molecular complexity index is 516. The van der Waals surface area contributed by atoms with E-state index in [1.807, 2.05) is 6.92 Å². The summed E-state index contributed by atoms with van der Waals surface area (Å²) in [6, 6.07) is 4.24. The van der Waals surface area contributed by atoms with Gasteiger partial charge in [0.15, 0.2) is 0 Å². The average Bonchev–Trinajstić information content (AvgIpc) is 2.39. The van der Waals surface area contributed by atoms with Crippen LogP contribution in [-0.4, -0.2) is 29.6 Å². The highest BCUT2D eigenvalue weighted by molar-refractivity contribution is 6.32. The number of benzene rings is 1. The number of nitrogens with one attached hydrogen (secondary N) is 1. The van der Waals surface area contributed by atoms with Crippen LogP contribution in [0.5, 0.6) is 5.75 Å². The van der Waals surface area contributed by atoms with Crippen LogP contribution in [0.3, 0.4) is 0 Å². The number of aliphatic carboxylic acids is 1. The van der Waals surface area contributed by atoms with E-state index in [0.717, 1.165) is 0 Å². The fraction of sp³-hybridized carbons (Fsp3) is 0.467. The van der Waals surface area contributed by atoms with Gasteiger partial charge in [0.2, 0.25) is 5.91 Å². The Morgan fingerprint density at radius 1 is 1.38 bits per heavy atom. The lowest BCUT2D eigenvalue weighted by Gasteiger charge is -2.18. The van der Waals surface area contributed by atoms with E-state index in [9.17, 15) is 9.59 Å². The second-order valence-corrected chi connectivity index (χ2v) is 5.37. The molecule has 0 saturated carbocycles. The summed E-state index contributed by atoms with van der Waals surface area (Å²) in [6.07, 6.45) is 0.0202. The lowest BCUT2D eigenvalue weighted by Crippen LogP contribution is -2.44. The van der Waals surface area contributed by atoms with E-state index in [0.29, 0.717) is 22.9 Å². The third-order valence-electron chi connectivity index (χ3n) is 2.94. The molecule has 0 aliphatic heterocycles. The fourth-order valence-electron chi connectivity index (χ4n) is 1.91. The number of amides is 1. The van der Waals surface area contributed by atoms with Crippen molar-refractivity contribution in [3.8, 4) is 5.75 Å². The van der Waals surface area contributed by atoms with Gasteiger partial charge in [-0.2, -0.15) is 0 Å². The lowest BCUT2D eigenvalue weighted by molar-refractivity contribution is -0.143. The van der Waals surface area contributed by atoms with Crippen molar-refractivity contribution in [2.24, 2.45) is 5.92 Å². The standard InChI is InChI=1S/C15H20ClNO4/c1-4-21-14-10(6-5-7-11(14)16)8-12(18)17-13(9(2)3)15(19)20/h5-7,9,13H,4,8H2,1-3H3,(H,17,18)(H,19,20)/t13-/m0/s1. The molecule has 0 aromatic heterocycles. The van der Waals surface area contributed by atoms with Gasteiger partial charge in [-0.15, -0.1) is 0 Å². The average molecular weight is 314 g/mol. The Morgan fingerprint density at radius 2 is 2.05 bits per heavy atom. The van der Waals surface area contributed by atoms with E-state index >= 15 is 0 Å². The Balaban J connectivity index is 2.84. The molecule has 0 aliphatic carbocycles. The highest BCUT2D eigenvalue weighted by atomic mass is 35.5. The monoisotopic (exact) mass is 313 g/mol.